The Hall–Kier alpha value is -4.77. The first-order valence-electron chi connectivity index (χ1n) is 12.4. The minimum absolute atomic E-state index is 0.0536. The average molecular weight is 558 g/mol. The summed E-state index contributed by atoms with van der Waals surface area (Å²) < 4.78 is 40.3. The lowest BCUT2D eigenvalue weighted by Crippen LogP contribution is -2.28. The molecule has 3 aromatic heterocycles. The molecular weight excluding hydrogens is 530 g/mol. The van der Waals surface area contributed by atoms with Gasteiger partial charge in [0, 0.05) is 42.7 Å². The number of sulfonamides is 1. The highest BCUT2D eigenvalue weighted by molar-refractivity contribution is 7.92. The Kier molecular flexibility index (Phi) is 7.47. The van der Waals surface area contributed by atoms with E-state index in [0.29, 0.717) is 39.4 Å². The molecule has 2 aromatic carbocycles. The molecule has 0 aliphatic carbocycles. The minimum atomic E-state index is -4.06. The van der Waals surface area contributed by atoms with E-state index in [1.807, 2.05) is 24.3 Å². The number of likely N-dealkylation sites (N-methyl/N-ethyl adjacent to an activating group) is 1. The molecule has 1 N–H and O–H groups in total. The van der Waals surface area contributed by atoms with Crippen LogP contribution in [-0.4, -0.2) is 41.4 Å². The zero-order valence-electron chi connectivity index (χ0n) is 22.2. The summed E-state index contributed by atoms with van der Waals surface area (Å²) in [5, 5.41) is 3.84. The highest BCUT2D eigenvalue weighted by Crippen LogP contribution is 2.34. The monoisotopic (exact) mass is 557 g/mol. The number of hydrogen-bond acceptors (Lipinski definition) is 8. The van der Waals surface area contributed by atoms with E-state index in [-0.39, 0.29) is 29.7 Å². The summed E-state index contributed by atoms with van der Waals surface area (Å²) in [7, 11) is -2.35. The fourth-order valence-corrected chi connectivity index (χ4v) is 5.52. The van der Waals surface area contributed by atoms with Crippen LogP contribution in [0.25, 0.3) is 22.6 Å². The van der Waals surface area contributed by atoms with E-state index >= 15 is 0 Å². The van der Waals surface area contributed by atoms with Gasteiger partial charge >= 0.3 is 0 Å². The van der Waals surface area contributed by atoms with E-state index < -0.39 is 10.0 Å². The number of oxazole rings is 1. The lowest BCUT2D eigenvalue weighted by atomic mass is 9.96. The first kappa shape index (κ1) is 26.8. The van der Waals surface area contributed by atoms with Gasteiger partial charge in [0.15, 0.2) is 0 Å². The van der Waals surface area contributed by atoms with Crippen LogP contribution in [0.4, 0.5) is 5.88 Å². The largest absolute Gasteiger partial charge is 0.445 e. The topological polar surface area (TPSA) is 131 Å². The first-order valence-corrected chi connectivity index (χ1v) is 13.9. The second-order valence-corrected chi connectivity index (χ2v) is 11.0. The molecule has 0 atom stereocenters. The van der Waals surface area contributed by atoms with E-state index in [4.69, 9.17) is 8.94 Å². The van der Waals surface area contributed by atoms with Crippen LogP contribution in [0.15, 0.2) is 93.3 Å². The Morgan fingerprint density at radius 3 is 2.55 bits per heavy atom. The van der Waals surface area contributed by atoms with Gasteiger partial charge in [0.25, 0.3) is 10.0 Å². The standard InChI is InChI=1S/C29H27N5O5S/c1-19-20(2)32-39-28(19)33-40(36,37)26-9-5-4-8-25(26)24-11-10-22(29-31-13-14-38-29)16-23(24)18-34(3)27(35)15-21-7-6-12-30-17-21/h4-14,16-17,33H,15,18H2,1-3H3. The molecule has 0 aliphatic rings. The quantitative estimate of drug-likeness (QED) is 0.268. The van der Waals surface area contributed by atoms with Crippen molar-refractivity contribution in [2.75, 3.05) is 11.8 Å². The smallest absolute Gasteiger partial charge is 0.264 e. The number of aryl methyl sites for hydroxylation is 1. The molecule has 0 radical (unpaired) electrons. The Morgan fingerprint density at radius 2 is 1.85 bits per heavy atom. The molecule has 10 nitrogen and oxygen atoms in total. The van der Waals surface area contributed by atoms with Crippen LogP contribution < -0.4 is 4.72 Å². The van der Waals surface area contributed by atoms with Crippen LogP contribution in [0.1, 0.15) is 22.4 Å². The zero-order chi connectivity index (χ0) is 28.3. The summed E-state index contributed by atoms with van der Waals surface area (Å²) in [4.78, 5) is 23.1. The Morgan fingerprint density at radius 1 is 1.02 bits per heavy atom. The van der Waals surface area contributed by atoms with Gasteiger partial charge in [-0.05, 0) is 54.8 Å². The fraction of sp³-hybridized carbons (Fsp3) is 0.172. The molecule has 0 bridgehead atoms. The number of benzene rings is 2. The maximum atomic E-state index is 13.6. The van der Waals surface area contributed by atoms with Crippen LogP contribution in [0.3, 0.4) is 0 Å². The van der Waals surface area contributed by atoms with Crippen LogP contribution in [-0.2, 0) is 27.8 Å². The van der Waals surface area contributed by atoms with Crippen molar-refractivity contribution < 1.29 is 22.2 Å². The van der Waals surface area contributed by atoms with Crippen molar-refractivity contribution in [2.45, 2.75) is 31.7 Å². The van der Waals surface area contributed by atoms with Gasteiger partial charge in [-0.3, -0.25) is 9.78 Å². The molecule has 204 valence electrons. The number of rotatable bonds is 9. The summed E-state index contributed by atoms with van der Waals surface area (Å²) >= 11 is 0. The summed E-state index contributed by atoms with van der Waals surface area (Å²) in [6.07, 6.45) is 6.53. The van der Waals surface area contributed by atoms with Gasteiger partial charge in [0.2, 0.25) is 17.7 Å². The van der Waals surface area contributed by atoms with Gasteiger partial charge in [0.1, 0.15) is 6.26 Å². The van der Waals surface area contributed by atoms with Crippen LogP contribution in [0.5, 0.6) is 0 Å². The molecule has 0 saturated heterocycles. The third-order valence-electron chi connectivity index (χ3n) is 6.55. The maximum Gasteiger partial charge on any atom is 0.264 e. The molecule has 1 amide bonds. The third kappa shape index (κ3) is 5.64. The highest BCUT2D eigenvalue weighted by Gasteiger charge is 2.24. The number of aromatic nitrogens is 3. The first-order chi connectivity index (χ1) is 19.2. The molecule has 0 aliphatic heterocycles. The number of carbonyl (C=O) groups is 1. The molecule has 5 aromatic rings. The Bertz CT molecular complexity index is 1750. The van der Waals surface area contributed by atoms with Gasteiger partial charge in [-0.2, -0.15) is 0 Å². The lowest BCUT2D eigenvalue weighted by molar-refractivity contribution is -0.129. The van der Waals surface area contributed by atoms with Crippen molar-refractivity contribution in [3.8, 4) is 22.6 Å². The van der Waals surface area contributed by atoms with E-state index in [1.54, 1.807) is 68.7 Å². The molecule has 0 unspecified atom stereocenters. The van der Waals surface area contributed by atoms with Crippen LogP contribution in [0.2, 0.25) is 0 Å². The number of anilines is 1. The summed E-state index contributed by atoms with van der Waals surface area (Å²) in [6, 6.07) is 15.8. The summed E-state index contributed by atoms with van der Waals surface area (Å²) in [5.74, 6) is 0.364. The second-order valence-electron chi connectivity index (χ2n) is 9.32. The van der Waals surface area contributed by atoms with Crippen molar-refractivity contribution in [1.29, 1.82) is 0 Å². The molecule has 0 saturated carbocycles. The fourth-order valence-electron chi connectivity index (χ4n) is 4.25. The molecular formula is C29H27N5O5S. The SMILES string of the molecule is Cc1noc(NS(=O)(=O)c2ccccc2-c2ccc(-c3ncco3)cc2CN(C)C(=O)Cc2cccnc2)c1C. The van der Waals surface area contributed by atoms with E-state index in [1.165, 1.54) is 12.3 Å². The molecule has 0 fully saturated rings. The van der Waals surface area contributed by atoms with Crippen LogP contribution >= 0.6 is 0 Å². The number of nitrogens with one attached hydrogen (secondary N) is 1. The summed E-state index contributed by atoms with van der Waals surface area (Å²) in [5.41, 5.74) is 4.51. The number of amides is 1. The third-order valence-corrected chi connectivity index (χ3v) is 7.94. The minimum Gasteiger partial charge on any atom is -0.445 e. The van der Waals surface area contributed by atoms with Crippen molar-refractivity contribution >= 4 is 21.8 Å². The number of nitrogens with zero attached hydrogens (tertiary/aromatic N) is 4. The molecule has 3 heterocycles. The number of hydrogen-bond donors (Lipinski definition) is 1. The Labute approximate surface area is 231 Å². The van der Waals surface area contributed by atoms with Gasteiger partial charge in [-0.15, -0.1) is 0 Å². The van der Waals surface area contributed by atoms with E-state index in [0.717, 1.165) is 5.56 Å². The Balaban J connectivity index is 1.54. The lowest BCUT2D eigenvalue weighted by Gasteiger charge is -2.21. The molecule has 5 rings (SSSR count). The highest BCUT2D eigenvalue weighted by atomic mass is 32.2. The average Bonchev–Trinajstić information content (AvgIpc) is 3.60. The predicted octanol–water partition coefficient (Wildman–Crippen LogP) is 5.01. The molecule has 11 heteroatoms. The van der Waals surface area contributed by atoms with Crippen LogP contribution in [0, 0.1) is 13.8 Å². The van der Waals surface area contributed by atoms with E-state index in [2.05, 4.69) is 19.8 Å². The number of pyridine rings is 1. The van der Waals surface area contributed by atoms with E-state index in [9.17, 15) is 13.2 Å². The van der Waals surface area contributed by atoms with Gasteiger partial charge in [-0.1, -0.05) is 35.5 Å². The normalized spacial score (nSPS) is 11.4. The van der Waals surface area contributed by atoms with Gasteiger partial charge in [-0.25, -0.2) is 18.1 Å². The summed E-state index contributed by atoms with van der Waals surface area (Å²) in [6.45, 7) is 3.68. The van der Waals surface area contributed by atoms with Crippen molar-refractivity contribution in [3.05, 3.63) is 102 Å². The van der Waals surface area contributed by atoms with Crippen molar-refractivity contribution in [2.24, 2.45) is 0 Å². The van der Waals surface area contributed by atoms with Gasteiger partial charge < -0.3 is 13.8 Å². The molecule has 0 spiro atoms. The maximum absolute atomic E-state index is 13.6. The number of carbonyl (C=O) groups excluding carboxylic acids is 1. The zero-order valence-corrected chi connectivity index (χ0v) is 23.0. The van der Waals surface area contributed by atoms with Gasteiger partial charge in [0.05, 0.1) is 23.2 Å². The predicted molar refractivity (Wildman–Crippen MR) is 149 cm³/mol. The second kappa shape index (κ2) is 11.1. The van der Waals surface area contributed by atoms with Crippen molar-refractivity contribution in [1.82, 2.24) is 20.0 Å². The molecule has 40 heavy (non-hydrogen) atoms. The van der Waals surface area contributed by atoms with Crippen molar-refractivity contribution in [3.63, 3.8) is 0 Å².